The van der Waals surface area contributed by atoms with E-state index in [0.29, 0.717) is 17.1 Å². The number of rotatable bonds is 4. The first-order chi connectivity index (χ1) is 10.1. The van der Waals surface area contributed by atoms with Crippen LogP contribution in [-0.4, -0.2) is 24.3 Å². The van der Waals surface area contributed by atoms with Gasteiger partial charge in [0.2, 0.25) is 0 Å². The molecule has 8 nitrogen and oxygen atoms in total. The Bertz CT molecular complexity index is 693. The third-order valence-electron chi connectivity index (χ3n) is 2.53. The number of hydrazone groups is 1. The van der Waals surface area contributed by atoms with Crippen LogP contribution in [0.3, 0.4) is 0 Å². The van der Waals surface area contributed by atoms with Crippen molar-refractivity contribution in [2.75, 3.05) is 7.11 Å². The fourth-order valence-corrected chi connectivity index (χ4v) is 1.60. The average Bonchev–Trinajstić information content (AvgIpc) is 2.95. The molecule has 0 radical (unpaired) electrons. The number of hydrogen-bond acceptors (Lipinski definition) is 6. The number of nitrogens with zero attached hydrogens (tertiary/aromatic N) is 2. The van der Waals surface area contributed by atoms with Gasteiger partial charge in [-0.25, -0.2) is 10.2 Å². The maximum atomic E-state index is 11.0. The normalized spacial score (nSPS) is 10.5. The molecule has 0 aliphatic carbocycles. The van der Waals surface area contributed by atoms with Crippen molar-refractivity contribution in [2.45, 2.75) is 0 Å². The molecular weight excluding hydrogens is 278 g/mol. The van der Waals surface area contributed by atoms with Gasteiger partial charge in [-0.15, -0.1) is 0 Å². The summed E-state index contributed by atoms with van der Waals surface area (Å²) in [5, 5.41) is 14.6. The Morgan fingerprint density at radius 3 is 2.86 bits per heavy atom. The summed E-state index contributed by atoms with van der Waals surface area (Å²) in [6, 6.07) is 9.40. The molecule has 0 fully saturated rings. The molecule has 108 valence electrons. The van der Waals surface area contributed by atoms with Gasteiger partial charge in [0.25, 0.3) is 5.69 Å². The molecule has 21 heavy (non-hydrogen) atoms. The molecule has 1 N–H and O–H groups in total. The Morgan fingerprint density at radius 1 is 1.38 bits per heavy atom. The molecule has 0 aliphatic heterocycles. The summed E-state index contributed by atoms with van der Waals surface area (Å²) < 4.78 is 9.77. The number of para-hydroxylation sites is 1. The van der Waals surface area contributed by atoms with Gasteiger partial charge < -0.3 is 9.15 Å². The van der Waals surface area contributed by atoms with Crippen LogP contribution in [0.4, 0.5) is 10.5 Å². The average molecular weight is 289 g/mol. The van der Waals surface area contributed by atoms with Gasteiger partial charge in [0.15, 0.2) is 0 Å². The second-order valence-electron chi connectivity index (χ2n) is 3.84. The fourth-order valence-electron chi connectivity index (χ4n) is 1.60. The molecular formula is C13H11N3O5. The minimum absolute atomic E-state index is 0.0528. The second-order valence-corrected chi connectivity index (χ2v) is 3.84. The van der Waals surface area contributed by atoms with Crippen LogP contribution in [-0.2, 0) is 4.74 Å². The molecule has 0 saturated carbocycles. The Morgan fingerprint density at radius 2 is 2.14 bits per heavy atom. The van der Waals surface area contributed by atoms with Gasteiger partial charge in [-0.05, 0) is 18.2 Å². The van der Waals surface area contributed by atoms with Crippen molar-refractivity contribution in [1.82, 2.24) is 5.43 Å². The highest BCUT2D eigenvalue weighted by atomic mass is 16.6. The summed E-state index contributed by atoms with van der Waals surface area (Å²) in [7, 11) is 1.21. The number of furan rings is 1. The molecule has 0 aliphatic rings. The number of nitrogens with one attached hydrogen (secondary N) is 1. The van der Waals surface area contributed by atoms with E-state index in [4.69, 9.17) is 4.42 Å². The van der Waals surface area contributed by atoms with E-state index in [9.17, 15) is 14.9 Å². The molecule has 0 atom stereocenters. The Labute approximate surface area is 119 Å². The molecule has 2 aromatic rings. The number of benzene rings is 1. The topological polar surface area (TPSA) is 107 Å². The molecule has 1 aromatic carbocycles. The van der Waals surface area contributed by atoms with Crippen LogP contribution in [0.25, 0.3) is 11.3 Å². The van der Waals surface area contributed by atoms with Crippen LogP contribution in [0.5, 0.6) is 0 Å². The fraction of sp³-hybridized carbons (Fsp3) is 0.0769. The largest absolute Gasteiger partial charge is 0.455 e. The summed E-state index contributed by atoms with van der Waals surface area (Å²) in [4.78, 5) is 21.3. The van der Waals surface area contributed by atoms with E-state index in [1.807, 2.05) is 0 Å². The number of nitro groups is 1. The third kappa shape index (κ3) is 3.44. The van der Waals surface area contributed by atoms with Crippen molar-refractivity contribution in [3.05, 3.63) is 52.3 Å². The second kappa shape index (κ2) is 6.33. The van der Waals surface area contributed by atoms with E-state index in [0.717, 1.165) is 0 Å². The molecule has 8 heteroatoms. The third-order valence-corrected chi connectivity index (χ3v) is 2.53. The van der Waals surface area contributed by atoms with Gasteiger partial charge in [0.05, 0.1) is 23.8 Å². The lowest BCUT2D eigenvalue weighted by Gasteiger charge is -1.98. The number of methoxy groups -OCH3 is 1. The predicted octanol–water partition coefficient (Wildman–Crippen LogP) is 2.54. The Hall–Kier alpha value is -3.16. The number of amides is 1. The Balaban J connectivity index is 2.21. The van der Waals surface area contributed by atoms with Gasteiger partial charge in [-0.3, -0.25) is 10.1 Å². The SMILES string of the molecule is COC(=O)N/N=C\c1ccc(-c2ccccc2[N+](=O)[O-])o1. The lowest BCUT2D eigenvalue weighted by atomic mass is 10.1. The van der Waals surface area contributed by atoms with Crippen molar-refractivity contribution in [1.29, 1.82) is 0 Å². The lowest BCUT2D eigenvalue weighted by molar-refractivity contribution is -0.384. The van der Waals surface area contributed by atoms with Gasteiger partial charge in [0, 0.05) is 6.07 Å². The van der Waals surface area contributed by atoms with E-state index < -0.39 is 11.0 Å². The van der Waals surface area contributed by atoms with Crippen LogP contribution >= 0.6 is 0 Å². The van der Waals surface area contributed by atoms with E-state index in [-0.39, 0.29) is 5.69 Å². The van der Waals surface area contributed by atoms with Crippen molar-refractivity contribution in [3.8, 4) is 11.3 Å². The first-order valence-corrected chi connectivity index (χ1v) is 5.82. The summed E-state index contributed by atoms with van der Waals surface area (Å²) in [5.41, 5.74) is 2.41. The minimum Gasteiger partial charge on any atom is -0.455 e. The quantitative estimate of drug-likeness (QED) is 0.528. The van der Waals surface area contributed by atoms with Gasteiger partial charge in [-0.1, -0.05) is 12.1 Å². The lowest BCUT2D eigenvalue weighted by Crippen LogP contribution is -2.16. The molecule has 0 unspecified atom stereocenters. The summed E-state index contributed by atoms with van der Waals surface area (Å²) in [5.74, 6) is 0.668. The van der Waals surface area contributed by atoms with Crippen LogP contribution in [0.1, 0.15) is 5.76 Å². The first-order valence-electron chi connectivity index (χ1n) is 5.82. The van der Waals surface area contributed by atoms with E-state index in [1.165, 1.54) is 19.4 Å². The summed E-state index contributed by atoms with van der Waals surface area (Å²) >= 11 is 0. The van der Waals surface area contributed by atoms with Gasteiger partial charge in [-0.2, -0.15) is 5.10 Å². The molecule has 0 saturated heterocycles. The highest BCUT2D eigenvalue weighted by Crippen LogP contribution is 2.30. The number of carbonyl (C=O) groups excluding carboxylic acids is 1. The Kier molecular flexibility index (Phi) is 4.30. The summed E-state index contributed by atoms with van der Waals surface area (Å²) in [6.07, 6.45) is 0.548. The number of hydrogen-bond donors (Lipinski definition) is 1. The maximum absolute atomic E-state index is 11.0. The number of ether oxygens (including phenoxy) is 1. The molecule has 1 aromatic heterocycles. The predicted molar refractivity (Wildman–Crippen MR) is 73.9 cm³/mol. The first kappa shape index (κ1) is 14.3. The zero-order valence-electron chi connectivity index (χ0n) is 11.0. The highest BCUT2D eigenvalue weighted by Gasteiger charge is 2.16. The zero-order valence-corrected chi connectivity index (χ0v) is 11.0. The van der Waals surface area contributed by atoms with E-state index in [1.54, 1.807) is 30.3 Å². The van der Waals surface area contributed by atoms with Gasteiger partial charge >= 0.3 is 6.09 Å². The molecule has 0 spiro atoms. The minimum atomic E-state index is -0.711. The van der Waals surface area contributed by atoms with Crippen LogP contribution < -0.4 is 5.43 Å². The molecule has 0 bridgehead atoms. The molecule has 2 rings (SSSR count). The van der Waals surface area contributed by atoms with Crippen LogP contribution in [0.2, 0.25) is 0 Å². The number of nitro benzene ring substituents is 1. The van der Waals surface area contributed by atoms with Crippen molar-refractivity contribution in [3.63, 3.8) is 0 Å². The molecule has 1 heterocycles. The van der Waals surface area contributed by atoms with E-state index >= 15 is 0 Å². The molecule has 1 amide bonds. The smallest absolute Gasteiger partial charge is 0.427 e. The van der Waals surface area contributed by atoms with Crippen molar-refractivity contribution < 1.29 is 18.9 Å². The maximum Gasteiger partial charge on any atom is 0.427 e. The van der Waals surface area contributed by atoms with Crippen molar-refractivity contribution >= 4 is 18.0 Å². The van der Waals surface area contributed by atoms with Crippen LogP contribution in [0.15, 0.2) is 45.9 Å². The van der Waals surface area contributed by atoms with Crippen molar-refractivity contribution in [2.24, 2.45) is 5.10 Å². The van der Waals surface area contributed by atoms with Crippen LogP contribution in [0, 0.1) is 10.1 Å². The zero-order chi connectivity index (χ0) is 15.2. The number of carbonyl (C=O) groups is 1. The summed E-state index contributed by atoms with van der Waals surface area (Å²) in [6.45, 7) is 0. The standard InChI is InChI=1S/C13H11N3O5/c1-20-13(17)15-14-8-9-6-7-12(21-9)10-4-2-3-5-11(10)16(18)19/h2-8H,1H3,(H,15,17)/b14-8-. The highest BCUT2D eigenvalue weighted by molar-refractivity contribution is 5.79. The van der Waals surface area contributed by atoms with E-state index in [2.05, 4.69) is 15.3 Å². The van der Waals surface area contributed by atoms with Gasteiger partial charge in [0.1, 0.15) is 11.5 Å². The monoisotopic (exact) mass is 289 g/mol.